The summed E-state index contributed by atoms with van der Waals surface area (Å²) < 4.78 is 0. The van der Waals surface area contributed by atoms with Crippen molar-refractivity contribution in [2.24, 2.45) is 0 Å². The van der Waals surface area contributed by atoms with Crippen molar-refractivity contribution in [2.45, 2.75) is 10.8 Å². The van der Waals surface area contributed by atoms with Crippen LogP contribution in [0.2, 0.25) is 0 Å². The molecule has 0 unspecified atom stereocenters. The van der Waals surface area contributed by atoms with Gasteiger partial charge >= 0.3 is 0 Å². The monoisotopic (exact) mass is 1280 g/mol. The second-order valence-electron chi connectivity index (χ2n) is 25.7. The van der Waals surface area contributed by atoms with Gasteiger partial charge in [0.1, 0.15) is 0 Å². The molecule has 3 nitrogen and oxygen atoms in total. The lowest BCUT2D eigenvalue weighted by molar-refractivity contribution is 0.768. The quantitative estimate of drug-likeness (QED) is 0.108. The highest BCUT2D eigenvalue weighted by Crippen LogP contribution is 2.59. The van der Waals surface area contributed by atoms with Crippen molar-refractivity contribution in [2.75, 3.05) is 9.80 Å². The van der Waals surface area contributed by atoms with E-state index < -0.39 is 10.8 Å². The van der Waals surface area contributed by atoms with Gasteiger partial charge in [-0.25, -0.2) is 0 Å². The van der Waals surface area contributed by atoms with Gasteiger partial charge in [0.15, 0.2) is 0 Å². The molecular formula is C97H69N3. The van der Waals surface area contributed by atoms with E-state index in [0.29, 0.717) is 0 Å². The third-order valence-corrected chi connectivity index (χ3v) is 20.2. The number of aromatic nitrogens is 1. The third kappa shape index (κ3) is 10.8. The zero-order valence-electron chi connectivity index (χ0n) is 55.2. The summed E-state index contributed by atoms with van der Waals surface area (Å²) in [6, 6.07) is 147. The molecule has 2 aliphatic rings. The van der Waals surface area contributed by atoms with Crippen molar-refractivity contribution in [1.29, 1.82) is 0 Å². The SMILES string of the molecule is c1ccc(-c2ccc(N(c3ccc4c(c3)C(c3ccccc3)(c3ccccc3)c3ccccc3-4)c3ccccc3-c3cccnc3)cc2)cc1.c1ccc(-c2ccc(N(c3cccc(-c4ccccc4)c3)c3ccc4c(c3)C(c3ccccc3)(c3ccccc3)c3ccccc3-4)cc2)cc1. The molecule has 0 N–H and O–H groups in total. The molecule has 3 heteroatoms. The predicted molar refractivity (Wildman–Crippen MR) is 416 cm³/mol. The fraction of sp³-hybridized carbons (Fsp3) is 0.0206. The topological polar surface area (TPSA) is 19.4 Å². The van der Waals surface area contributed by atoms with Crippen molar-refractivity contribution < 1.29 is 0 Å². The molecule has 18 rings (SSSR count). The maximum atomic E-state index is 4.49. The van der Waals surface area contributed by atoms with Crippen molar-refractivity contribution >= 4 is 34.1 Å². The van der Waals surface area contributed by atoms with E-state index in [2.05, 4.69) is 415 Å². The molecule has 0 radical (unpaired) electrons. The Morgan fingerprint density at radius 1 is 0.190 bits per heavy atom. The van der Waals surface area contributed by atoms with E-state index in [0.717, 1.165) is 45.3 Å². The number of hydrogen-bond donors (Lipinski definition) is 0. The molecule has 15 aromatic carbocycles. The number of benzene rings is 15. The number of hydrogen-bond acceptors (Lipinski definition) is 3. The molecule has 1 aromatic heterocycles. The number of anilines is 6. The number of nitrogens with zero attached hydrogens (tertiary/aromatic N) is 3. The summed E-state index contributed by atoms with van der Waals surface area (Å²) in [6.07, 6.45) is 3.78. The first kappa shape index (κ1) is 60.7. The van der Waals surface area contributed by atoms with Crippen LogP contribution in [0.3, 0.4) is 0 Å². The van der Waals surface area contributed by atoms with Crippen LogP contribution >= 0.6 is 0 Å². The second kappa shape index (κ2) is 26.6. The van der Waals surface area contributed by atoms with Crippen LogP contribution in [-0.4, -0.2) is 4.98 Å². The molecule has 100 heavy (non-hydrogen) atoms. The van der Waals surface area contributed by atoms with Gasteiger partial charge < -0.3 is 9.80 Å². The highest BCUT2D eigenvalue weighted by Gasteiger charge is 2.48. The van der Waals surface area contributed by atoms with Gasteiger partial charge in [0.05, 0.1) is 16.5 Å². The van der Waals surface area contributed by atoms with Gasteiger partial charge in [-0.15, -0.1) is 0 Å². The minimum absolute atomic E-state index is 0.473. The first-order chi connectivity index (χ1) is 49.6. The molecule has 0 atom stereocenters. The third-order valence-electron chi connectivity index (χ3n) is 20.2. The smallest absolute Gasteiger partial charge is 0.0714 e. The van der Waals surface area contributed by atoms with E-state index in [1.807, 2.05) is 18.5 Å². The summed E-state index contributed by atoms with van der Waals surface area (Å²) in [6.45, 7) is 0. The Labute approximate surface area is 586 Å². The molecule has 0 saturated heterocycles. The zero-order chi connectivity index (χ0) is 66.7. The van der Waals surface area contributed by atoms with Crippen LogP contribution in [0.5, 0.6) is 0 Å². The standard InChI is InChI=1S/C49H35N.C48H34N2/c1-5-16-36(17-6-1)38-28-30-42(31-29-38)50(43-25-15-20-39(34-43)37-18-7-2-8-19-37)44-32-33-46-45-26-13-14-27-47(45)49(48(46)35-44,40-21-9-3-10-22-40)41-23-11-4-12-24-41;1-4-15-35(16-5-1)36-26-28-40(29-27-36)50(47-25-13-11-22-42(47)37-17-14-32-49-34-37)41-30-31-44-43-23-10-12-24-45(43)48(46(44)33-41,38-18-6-2-7-19-38)39-20-8-3-9-21-39/h1-35H;1-34H. The normalized spacial score (nSPS) is 12.6. The van der Waals surface area contributed by atoms with Gasteiger partial charge in [-0.1, -0.05) is 334 Å². The lowest BCUT2D eigenvalue weighted by Gasteiger charge is -2.35. The van der Waals surface area contributed by atoms with E-state index in [4.69, 9.17) is 0 Å². The van der Waals surface area contributed by atoms with Crippen LogP contribution in [0.15, 0.2) is 419 Å². The molecule has 0 bridgehead atoms. The molecule has 1 heterocycles. The van der Waals surface area contributed by atoms with Crippen molar-refractivity contribution in [1.82, 2.24) is 4.98 Å². The van der Waals surface area contributed by atoms with Crippen LogP contribution in [-0.2, 0) is 10.8 Å². The molecule has 16 aromatic rings. The van der Waals surface area contributed by atoms with E-state index >= 15 is 0 Å². The van der Waals surface area contributed by atoms with Gasteiger partial charge in [-0.2, -0.15) is 0 Å². The number of fused-ring (bicyclic) bond motifs is 6. The summed E-state index contributed by atoms with van der Waals surface area (Å²) >= 11 is 0. The molecule has 472 valence electrons. The maximum absolute atomic E-state index is 4.49. The first-order valence-corrected chi connectivity index (χ1v) is 34.4. The van der Waals surface area contributed by atoms with Crippen LogP contribution in [0.25, 0.3) is 66.8 Å². The van der Waals surface area contributed by atoms with Gasteiger partial charge in [-0.3, -0.25) is 4.98 Å². The maximum Gasteiger partial charge on any atom is 0.0714 e. The largest absolute Gasteiger partial charge is 0.310 e. The fourth-order valence-electron chi connectivity index (χ4n) is 15.8. The minimum atomic E-state index is -0.490. The Bertz CT molecular complexity index is 5420. The fourth-order valence-corrected chi connectivity index (χ4v) is 15.8. The molecule has 2 aliphatic carbocycles. The van der Waals surface area contributed by atoms with E-state index in [1.54, 1.807) is 0 Å². The van der Waals surface area contributed by atoms with Crippen molar-refractivity contribution in [3.05, 3.63) is 463 Å². The van der Waals surface area contributed by atoms with Gasteiger partial charge in [0, 0.05) is 52.0 Å². The van der Waals surface area contributed by atoms with Crippen LogP contribution in [0.1, 0.15) is 44.5 Å². The average molecular weight is 1280 g/mol. The Hall–Kier alpha value is -13.0. The second-order valence-corrected chi connectivity index (χ2v) is 25.7. The lowest BCUT2D eigenvalue weighted by Crippen LogP contribution is -2.28. The van der Waals surface area contributed by atoms with E-state index in [1.165, 1.54) is 100 Å². The van der Waals surface area contributed by atoms with Crippen molar-refractivity contribution in [3.8, 4) is 66.8 Å². The Kier molecular flexibility index (Phi) is 16.1. The predicted octanol–water partition coefficient (Wildman–Crippen LogP) is 25.1. The summed E-state index contributed by atoms with van der Waals surface area (Å²) in [7, 11) is 0. The molecular weight excluding hydrogens is 1210 g/mol. The molecule has 0 amide bonds. The zero-order valence-corrected chi connectivity index (χ0v) is 55.2. The summed E-state index contributed by atoms with van der Waals surface area (Å²) in [5, 5.41) is 0. The van der Waals surface area contributed by atoms with E-state index in [-0.39, 0.29) is 0 Å². The average Bonchev–Trinajstić information content (AvgIpc) is 1.54. The Morgan fingerprint density at radius 3 is 0.950 bits per heavy atom. The molecule has 0 aliphatic heterocycles. The summed E-state index contributed by atoms with van der Waals surface area (Å²) in [5.74, 6) is 0. The van der Waals surface area contributed by atoms with Gasteiger partial charge in [0.2, 0.25) is 0 Å². The summed E-state index contributed by atoms with van der Waals surface area (Å²) in [4.78, 5) is 9.30. The Balaban J connectivity index is 0.000000150. The molecule has 0 fully saturated rings. The molecule has 0 spiro atoms. The van der Waals surface area contributed by atoms with E-state index in [9.17, 15) is 0 Å². The molecule has 0 saturated carbocycles. The Morgan fingerprint density at radius 2 is 0.510 bits per heavy atom. The van der Waals surface area contributed by atoms with Crippen LogP contribution in [0.4, 0.5) is 34.1 Å². The minimum Gasteiger partial charge on any atom is -0.310 e. The number of para-hydroxylation sites is 1. The lowest BCUT2D eigenvalue weighted by atomic mass is 9.67. The number of rotatable bonds is 14. The number of pyridine rings is 1. The highest BCUT2D eigenvalue weighted by molar-refractivity contribution is 5.94. The van der Waals surface area contributed by atoms with Crippen molar-refractivity contribution in [3.63, 3.8) is 0 Å². The van der Waals surface area contributed by atoms with Gasteiger partial charge in [-0.05, 0) is 173 Å². The highest BCUT2D eigenvalue weighted by atomic mass is 15.1. The van der Waals surface area contributed by atoms with Crippen LogP contribution < -0.4 is 9.80 Å². The van der Waals surface area contributed by atoms with Crippen LogP contribution in [0, 0.1) is 0 Å². The van der Waals surface area contributed by atoms with Gasteiger partial charge in [0.25, 0.3) is 0 Å². The summed E-state index contributed by atoms with van der Waals surface area (Å²) in [5.41, 5.74) is 30.3. The first-order valence-electron chi connectivity index (χ1n) is 34.4.